The molecule has 0 saturated carbocycles. The number of carboxylic acid groups (broad SMARTS) is 1. The highest BCUT2D eigenvalue weighted by Crippen LogP contribution is 2.35. The lowest BCUT2D eigenvalue weighted by atomic mass is 10.2. The molecule has 0 amide bonds. The molecule has 110 valence electrons. The fraction of sp³-hybridized carbons (Fsp3) is 0.0833. The Hall–Kier alpha value is -1.32. The van der Waals surface area contributed by atoms with Gasteiger partial charge in [-0.2, -0.15) is 0 Å². The molecule has 6 nitrogen and oxygen atoms in total. The molecule has 0 saturated heterocycles. The zero-order valence-electron chi connectivity index (χ0n) is 10.5. The van der Waals surface area contributed by atoms with Crippen LogP contribution in [0.3, 0.4) is 0 Å². The van der Waals surface area contributed by atoms with Crippen molar-refractivity contribution >= 4 is 55.7 Å². The Labute approximate surface area is 140 Å². The van der Waals surface area contributed by atoms with E-state index in [-0.39, 0.29) is 15.9 Å². The van der Waals surface area contributed by atoms with E-state index >= 15 is 0 Å². The van der Waals surface area contributed by atoms with Gasteiger partial charge in [-0.25, -0.2) is 4.79 Å². The Morgan fingerprint density at radius 1 is 1.38 bits per heavy atom. The van der Waals surface area contributed by atoms with Gasteiger partial charge in [-0.3, -0.25) is 0 Å². The second kappa shape index (κ2) is 6.63. The number of phenolic OH excluding ortho intramolecular Hbond substituents is 1. The molecule has 1 heterocycles. The average molecular weight is 436 g/mol. The number of benzene rings is 1. The number of aromatic nitrogens is 2. The van der Waals surface area contributed by atoms with E-state index in [1.807, 2.05) is 0 Å². The summed E-state index contributed by atoms with van der Waals surface area (Å²) in [5, 5.41) is 26.7. The van der Waals surface area contributed by atoms with Crippen molar-refractivity contribution in [2.24, 2.45) is 0 Å². The van der Waals surface area contributed by atoms with Crippen LogP contribution in [0.15, 0.2) is 35.6 Å². The number of aliphatic carboxylic acids is 1. The molecule has 0 aliphatic carbocycles. The molecule has 2 aromatic rings. The second-order valence-electron chi connectivity index (χ2n) is 3.83. The molecule has 9 heteroatoms. The molecule has 0 aliphatic heterocycles. The number of carbonyl (C=O) groups is 1. The van der Waals surface area contributed by atoms with Crippen LogP contribution in [0.5, 0.6) is 5.75 Å². The first-order valence-corrected chi connectivity index (χ1v) is 7.88. The molecule has 2 rings (SSSR count). The van der Waals surface area contributed by atoms with Crippen LogP contribution in [0, 0.1) is 6.92 Å². The number of rotatable bonds is 4. The average Bonchev–Trinajstić information content (AvgIpc) is 2.79. The highest BCUT2D eigenvalue weighted by atomic mass is 79.9. The van der Waals surface area contributed by atoms with Crippen molar-refractivity contribution in [2.75, 3.05) is 0 Å². The number of halogens is 2. The van der Waals surface area contributed by atoms with Gasteiger partial charge in [-0.1, -0.05) is 15.9 Å². The summed E-state index contributed by atoms with van der Waals surface area (Å²) in [6.07, 6.45) is 1.33. The van der Waals surface area contributed by atoms with Gasteiger partial charge in [-0.15, -0.1) is 10.2 Å². The van der Waals surface area contributed by atoms with E-state index in [0.29, 0.717) is 20.4 Å². The molecule has 0 radical (unpaired) electrons. The first-order valence-electron chi connectivity index (χ1n) is 5.48. The van der Waals surface area contributed by atoms with Crippen LogP contribution < -0.4 is 0 Å². The Bertz CT molecular complexity index is 730. The molecule has 0 aliphatic rings. The maximum absolute atomic E-state index is 11.3. The molecular weight excluding hydrogens is 428 g/mol. The zero-order chi connectivity index (χ0) is 15.6. The highest BCUT2D eigenvalue weighted by molar-refractivity contribution is 9.11. The third-order valence-corrected chi connectivity index (χ3v) is 4.17. The summed E-state index contributed by atoms with van der Waals surface area (Å²) in [7, 11) is 0. The van der Waals surface area contributed by atoms with Crippen molar-refractivity contribution in [1.29, 1.82) is 0 Å². The largest absolute Gasteiger partial charge is 0.506 e. The van der Waals surface area contributed by atoms with Gasteiger partial charge in [0.15, 0.2) is 0 Å². The Balaban J connectivity index is 2.40. The number of phenols is 1. The number of nitrogens with zero attached hydrogens (tertiary/aromatic N) is 2. The molecular formula is C12H8Br2N2O4S. The highest BCUT2D eigenvalue weighted by Gasteiger charge is 2.16. The van der Waals surface area contributed by atoms with Crippen LogP contribution in [-0.2, 0) is 4.79 Å². The monoisotopic (exact) mass is 434 g/mol. The molecule has 0 spiro atoms. The Morgan fingerprint density at radius 3 is 2.67 bits per heavy atom. The number of aryl methyl sites for hydroxylation is 1. The van der Waals surface area contributed by atoms with Crippen molar-refractivity contribution in [3.63, 3.8) is 0 Å². The van der Waals surface area contributed by atoms with Gasteiger partial charge in [0.2, 0.25) is 5.89 Å². The van der Waals surface area contributed by atoms with Crippen molar-refractivity contribution in [3.8, 4) is 5.75 Å². The quantitative estimate of drug-likeness (QED) is 0.556. The van der Waals surface area contributed by atoms with Crippen LogP contribution in [0.25, 0.3) is 6.08 Å². The topological polar surface area (TPSA) is 96.5 Å². The maximum Gasteiger partial charge on any atom is 0.342 e. The first-order chi connectivity index (χ1) is 9.86. The first kappa shape index (κ1) is 16.1. The number of hydrogen-bond donors (Lipinski definition) is 2. The van der Waals surface area contributed by atoms with Crippen LogP contribution in [0.4, 0.5) is 0 Å². The van der Waals surface area contributed by atoms with Crippen molar-refractivity contribution in [2.45, 2.75) is 12.1 Å². The van der Waals surface area contributed by atoms with E-state index < -0.39 is 5.97 Å². The van der Waals surface area contributed by atoms with Crippen LogP contribution in [0.2, 0.25) is 0 Å². The van der Waals surface area contributed by atoms with Crippen molar-refractivity contribution < 1.29 is 19.4 Å². The molecule has 1 aromatic carbocycles. The van der Waals surface area contributed by atoms with Crippen molar-refractivity contribution in [1.82, 2.24) is 10.2 Å². The molecule has 0 fully saturated rings. The Morgan fingerprint density at radius 2 is 2.10 bits per heavy atom. The number of hydrogen-bond acceptors (Lipinski definition) is 6. The normalized spacial score (nSPS) is 11.7. The molecule has 21 heavy (non-hydrogen) atoms. The van der Waals surface area contributed by atoms with Gasteiger partial charge >= 0.3 is 5.97 Å². The summed E-state index contributed by atoms with van der Waals surface area (Å²) in [6, 6.07) is 3.25. The molecule has 1 aromatic heterocycles. The standard InChI is InChI=1S/C12H8Br2N2O4S/c1-5-15-16-12(20-5)21-9(11(18)19)3-6-2-7(13)4-8(14)10(6)17/h2-4,17H,1H3,(H,18,19)/b9-3-. The fourth-order valence-electron chi connectivity index (χ4n) is 1.39. The number of thioether (sulfide) groups is 1. The van der Waals surface area contributed by atoms with Crippen LogP contribution in [-0.4, -0.2) is 26.4 Å². The van der Waals surface area contributed by atoms with Crippen molar-refractivity contribution in [3.05, 3.63) is 37.4 Å². The van der Waals surface area contributed by atoms with Gasteiger partial charge in [0.1, 0.15) is 10.7 Å². The minimum absolute atomic E-state index is 0.0562. The Kier molecular flexibility index (Phi) is 5.07. The summed E-state index contributed by atoms with van der Waals surface area (Å²) in [6.45, 7) is 1.61. The minimum Gasteiger partial charge on any atom is -0.506 e. The van der Waals surface area contributed by atoms with Crippen LogP contribution >= 0.6 is 43.6 Å². The van der Waals surface area contributed by atoms with Gasteiger partial charge < -0.3 is 14.6 Å². The van der Waals surface area contributed by atoms with E-state index in [1.165, 1.54) is 6.08 Å². The predicted molar refractivity (Wildman–Crippen MR) is 84.0 cm³/mol. The van der Waals surface area contributed by atoms with Gasteiger partial charge in [0, 0.05) is 17.0 Å². The van der Waals surface area contributed by atoms with E-state index in [9.17, 15) is 15.0 Å². The maximum atomic E-state index is 11.3. The SMILES string of the molecule is Cc1nnc(S/C(=C\c2cc(Br)cc(Br)c2O)C(=O)O)o1. The fourth-order valence-corrected chi connectivity index (χ4v) is 3.35. The van der Waals surface area contributed by atoms with E-state index in [0.717, 1.165) is 11.8 Å². The summed E-state index contributed by atoms with van der Waals surface area (Å²) in [5.74, 6) is -0.874. The summed E-state index contributed by atoms with van der Waals surface area (Å²) < 4.78 is 6.28. The lowest BCUT2D eigenvalue weighted by Gasteiger charge is -2.05. The van der Waals surface area contributed by atoms with Gasteiger partial charge in [0.05, 0.1) is 4.47 Å². The smallest absolute Gasteiger partial charge is 0.342 e. The van der Waals surface area contributed by atoms with Gasteiger partial charge in [-0.05, 0) is 45.9 Å². The minimum atomic E-state index is -1.16. The van der Waals surface area contributed by atoms with E-state index in [2.05, 4.69) is 42.1 Å². The number of aromatic hydroxyl groups is 1. The van der Waals surface area contributed by atoms with E-state index in [1.54, 1.807) is 19.1 Å². The third-order valence-electron chi connectivity index (χ3n) is 2.26. The molecule has 0 bridgehead atoms. The summed E-state index contributed by atoms with van der Waals surface area (Å²) in [5.41, 5.74) is 0.345. The molecule has 2 N–H and O–H groups in total. The zero-order valence-corrected chi connectivity index (χ0v) is 14.5. The predicted octanol–water partition coefficient (Wildman–Crippen LogP) is 3.83. The number of carboxylic acids is 1. The van der Waals surface area contributed by atoms with Crippen LogP contribution in [0.1, 0.15) is 11.5 Å². The van der Waals surface area contributed by atoms with Gasteiger partial charge in [0.25, 0.3) is 5.22 Å². The second-order valence-corrected chi connectivity index (χ2v) is 6.59. The molecule has 0 unspecified atom stereocenters. The lowest BCUT2D eigenvalue weighted by Crippen LogP contribution is -1.97. The van der Waals surface area contributed by atoms with E-state index in [4.69, 9.17) is 4.42 Å². The summed E-state index contributed by atoms with van der Waals surface area (Å²) >= 11 is 7.28. The molecule has 0 atom stereocenters. The summed E-state index contributed by atoms with van der Waals surface area (Å²) in [4.78, 5) is 11.3. The lowest BCUT2D eigenvalue weighted by molar-refractivity contribution is -0.131. The third kappa shape index (κ3) is 4.08.